The van der Waals surface area contributed by atoms with Crippen LogP contribution in [0, 0.1) is 0 Å². The van der Waals surface area contributed by atoms with E-state index in [1.807, 2.05) is 48.5 Å². The first-order chi connectivity index (χ1) is 10.8. The van der Waals surface area contributed by atoms with E-state index in [9.17, 15) is 4.79 Å². The highest BCUT2D eigenvalue weighted by atomic mass is 32.2. The average molecular weight is 312 g/mol. The molecule has 114 valence electrons. The Balaban J connectivity index is 1.77. The van der Waals surface area contributed by atoms with Crippen LogP contribution >= 0.6 is 11.8 Å². The number of hydrogen-bond donors (Lipinski definition) is 1. The van der Waals surface area contributed by atoms with Crippen molar-refractivity contribution in [1.82, 2.24) is 10.3 Å². The number of aromatic nitrogens is 1. The van der Waals surface area contributed by atoms with Crippen LogP contribution in [0.1, 0.15) is 36.5 Å². The lowest BCUT2D eigenvalue weighted by Gasteiger charge is -2.19. The third kappa shape index (κ3) is 3.89. The van der Waals surface area contributed by atoms with Crippen molar-refractivity contribution in [3.63, 3.8) is 0 Å². The maximum absolute atomic E-state index is 12.7. The van der Waals surface area contributed by atoms with Crippen molar-refractivity contribution >= 4 is 17.7 Å². The summed E-state index contributed by atoms with van der Waals surface area (Å²) in [6, 6.07) is 16.1. The normalized spacial score (nSPS) is 16.4. The zero-order valence-electron chi connectivity index (χ0n) is 12.4. The molecule has 1 amide bonds. The molecule has 1 atom stereocenters. The molecular weight excluding hydrogens is 292 g/mol. The zero-order valence-corrected chi connectivity index (χ0v) is 13.3. The van der Waals surface area contributed by atoms with Crippen molar-refractivity contribution in [2.45, 2.75) is 42.0 Å². The molecule has 1 aliphatic rings. The third-order valence-electron chi connectivity index (χ3n) is 3.92. The maximum Gasteiger partial charge on any atom is 0.238 e. The molecule has 1 fully saturated rings. The quantitative estimate of drug-likeness (QED) is 0.849. The van der Waals surface area contributed by atoms with Gasteiger partial charge < -0.3 is 5.32 Å². The molecule has 3 nitrogen and oxygen atoms in total. The minimum absolute atomic E-state index is 0.0914. The van der Waals surface area contributed by atoms with Gasteiger partial charge in [-0.05, 0) is 30.5 Å². The van der Waals surface area contributed by atoms with Gasteiger partial charge in [-0.2, -0.15) is 0 Å². The molecule has 0 radical (unpaired) electrons. The van der Waals surface area contributed by atoms with E-state index in [1.165, 1.54) is 24.6 Å². The monoisotopic (exact) mass is 312 g/mol. The molecule has 0 bridgehead atoms. The predicted molar refractivity (Wildman–Crippen MR) is 89.7 cm³/mol. The van der Waals surface area contributed by atoms with Gasteiger partial charge in [0.05, 0.1) is 5.03 Å². The molecule has 0 saturated heterocycles. The molecule has 1 aliphatic carbocycles. The number of carbonyl (C=O) groups excluding carboxylic acids is 1. The van der Waals surface area contributed by atoms with E-state index in [4.69, 9.17) is 0 Å². The molecule has 0 aliphatic heterocycles. The standard InChI is InChI=1S/C18H20N2OS/c21-18(20-15-10-4-5-11-15)17(14-8-2-1-3-9-14)22-16-12-6-7-13-19-16/h1-3,6-9,12-13,15,17H,4-5,10-11H2,(H,20,21)/t17-/m0/s1. The number of carbonyl (C=O) groups is 1. The van der Waals surface area contributed by atoms with Crippen LogP contribution in [0.4, 0.5) is 0 Å². The molecule has 1 saturated carbocycles. The molecule has 3 rings (SSSR count). The summed E-state index contributed by atoms with van der Waals surface area (Å²) < 4.78 is 0. The van der Waals surface area contributed by atoms with Crippen molar-refractivity contribution < 1.29 is 4.79 Å². The van der Waals surface area contributed by atoms with Crippen molar-refractivity contribution in [3.8, 4) is 0 Å². The first kappa shape index (κ1) is 15.1. The summed E-state index contributed by atoms with van der Waals surface area (Å²) >= 11 is 1.51. The predicted octanol–water partition coefficient (Wildman–Crippen LogP) is 3.97. The third-order valence-corrected chi connectivity index (χ3v) is 5.12. The van der Waals surface area contributed by atoms with Gasteiger partial charge >= 0.3 is 0 Å². The highest BCUT2D eigenvalue weighted by Crippen LogP contribution is 2.34. The van der Waals surface area contributed by atoms with Gasteiger partial charge in [-0.3, -0.25) is 4.79 Å². The van der Waals surface area contributed by atoms with Crippen molar-refractivity contribution in [3.05, 3.63) is 60.3 Å². The summed E-state index contributed by atoms with van der Waals surface area (Å²) in [6.45, 7) is 0. The van der Waals surface area contributed by atoms with Crippen LogP contribution in [0.2, 0.25) is 0 Å². The van der Waals surface area contributed by atoms with Crippen LogP contribution in [-0.2, 0) is 4.79 Å². The fourth-order valence-electron chi connectivity index (χ4n) is 2.79. The Kier molecular flexibility index (Phi) is 5.11. The van der Waals surface area contributed by atoms with Crippen LogP contribution in [0.5, 0.6) is 0 Å². The molecule has 1 heterocycles. The van der Waals surface area contributed by atoms with E-state index in [-0.39, 0.29) is 11.2 Å². The van der Waals surface area contributed by atoms with Gasteiger partial charge in [0.1, 0.15) is 5.25 Å². The minimum Gasteiger partial charge on any atom is -0.352 e. The number of hydrogen-bond acceptors (Lipinski definition) is 3. The fourth-order valence-corrected chi connectivity index (χ4v) is 3.77. The molecule has 2 aromatic rings. The molecule has 1 aromatic carbocycles. The number of amides is 1. The van der Waals surface area contributed by atoms with Crippen LogP contribution in [0.25, 0.3) is 0 Å². The first-order valence-electron chi connectivity index (χ1n) is 7.76. The highest BCUT2D eigenvalue weighted by Gasteiger charge is 2.26. The lowest BCUT2D eigenvalue weighted by atomic mass is 10.1. The largest absolute Gasteiger partial charge is 0.352 e. The Bertz CT molecular complexity index is 597. The van der Waals surface area contributed by atoms with Gasteiger partial charge in [0, 0.05) is 12.2 Å². The summed E-state index contributed by atoms with van der Waals surface area (Å²) in [6.07, 6.45) is 6.39. The number of thioether (sulfide) groups is 1. The van der Waals surface area contributed by atoms with E-state index in [0.29, 0.717) is 6.04 Å². The lowest BCUT2D eigenvalue weighted by Crippen LogP contribution is -2.35. The van der Waals surface area contributed by atoms with E-state index in [1.54, 1.807) is 6.20 Å². The molecule has 0 spiro atoms. The second kappa shape index (κ2) is 7.45. The smallest absolute Gasteiger partial charge is 0.238 e. The summed E-state index contributed by atoms with van der Waals surface area (Å²) in [5.41, 5.74) is 1.02. The molecule has 4 heteroatoms. The first-order valence-corrected chi connectivity index (χ1v) is 8.64. The molecule has 0 unspecified atom stereocenters. The number of nitrogens with zero attached hydrogens (tertiary/aromatic N) is 1. The number of nitrogens with one attached hydrogen (secondary N) is 1. The van der Waals surface area contributed by atoms with Crippen LogP contribution in [-0.4, -0.2) is 16.9 Å². The number of pyridine rings is 1. The Morgan fingerprint density at radius 2 is 1.82 bits per heavy atom. The minimum atomic E-state index is -0.253. The topological polar surface area (TPSA) is 42.0 Å². The van der Waals surface area contributed by atoms with E-state index >= 15 is 0 Å². The number of rotatable bonds is 5. The SMILES string of the molecule is O=C(NC1CCCC1)[C@@H](Sc1ccccn1)c1ccccc1. The fraction of sp³-hybridized carbons (Fsp3) is 0.333. The molecule has 1 aromatic heterocycles. The average Bonchev–Trinajstić information content (AvgIpc) is 3.07. The Labute approximate surface area is 135 Å². The van der Waals surface area contributed by atoms with E-state index in [0.717, 1.165) is 23.4 Å². The summed E-state index contributed by atoms with van der Waals surface area (Å²) in [7, 11) is 0. The maximum atomic E-state index is 12.7. The molecule has 1 N–H and O–H groups in total. The van der Waals surface area contributed by atoms with E-state index in [2.05, 4.69) is 10.3 Å². The zero-order chi connectivity index (χ0) is 15.2. The van der Waals surface area contributed by atoms with Crippen molar-refractivity contribution in [2.24, 2.45) is 0 Å². The van der Waals surface area contributed by atoms with Gasteiger partial charge in [0.2, 0.25) is 5.91 Å². The second-order valence-corrected chi connectivity index (χ2v) is 6.69. The lowest BCUT2D eigenvalue weighted by molar-refractivity contribution is -0.121. The van der Waals surface area contributed by atoms with Crippen LogP contribution in [0.3, 0.4) is 0 Å². The van der Waals surface area contributed by atoms with Gasteiger partial charge in [-0.25, -0.2) is 4.98 Å². The van der Waals surface area contributed by atoms with Gasteiger partial charge in [0.25, 0.3) is 0 Å². The van der Waals surface area contributed by atoms with Gasteiger partial charge in [0.15, 0.2) is 0 Å². The molecule has 22 heavy (non-hydrogen) atoms. The second-order valence-electron chi connectivity index (χ2n) is 5.57. The van der Waals surface area contributed by atoms with E-state index < -0.39 is 0 Å². The molecular formula is C18H20N2OS. The number of benzene rings is 1. The van der Waals surface area contributed by atoms with Crippen LogP contribution < -0.4 is 5.32 Å². The summed E-state index contributed by atoms with van der Waals surface area (Å²) in [5, 5.41) is 3.83. The van der Waals surface area contributed by atoms with Gasteiger partial charge in [-0.1, -0.05) is 61.0 Å². The Morgan fingerprint density at radius 1 is 1.09 bits per heavy atom. The van der Waals surface area contributed by atoms with Crippen LogP contribution in [0.15, 0.2) is 59.8 Å². The Morgan fingerprint density at radius 3 is 2.50 bits per heavy atom. The Hall–Kier alpha value is -1.81. The van der Waals surface area contributed by atoms with Crippen molar-refractivity contribution in [2.75, 3.05) is 0 Å². The highest BCUT2D eigenvalue weighted by molar-refractivity contribution is 8.00. The van der Waals surface area contributed by atoms with Crippen molar-refractivity contribution in [1.29, 1.82) is 0 Å². The van der Waals surface area contributed by atoms with Gasteiger partial charge in [-0.15, -0.1) is 0 Å². The summed E-state index contributed by atoms with van der Waals surface area (Å²) in [4.78, 5) is 17.1. The summed E-state index contributed by atoms with van der Waals surface area (Å²) in [5.74, 6) is 0.0914.